The van der Waals surface area contributed by atoms with Crippen molar-refractivity contribution in [2.75, 3.05) is 0 Å². The smallest absolute Gasteiger partial charge is 0.308 e. The normalized spacial score (nSPS) is 29.2. The zero-order valence-electron chi connectivity index (χ0n) is 12.1. The molecular weight excluding hydrogens is 331 g/mol. The highest BCUT2D eigenvalue weighted by Crippen LogP contribution is 2.17. The van der Waals surface area contributed by atoms with Crippen LogP contribution in [0.5, 0.6) is 0 Å². The van der Waals surface area contributed by atoms with Gasteiger partial charge in [0.1, 0.15) is 0 Å². The summed E-state index contributed by atoms with van der Waals surface area (Å²) < 4.78 is 0. The maximum atomic E-state index is 10.5. The van der Waals surface area contributed by atoms with E-state index in [-0.39, 0.29) is 48.7 Å². The summed E-state index contributed by atoms with van der Waals surface area (Å²) in [6.07, 6.45) is 10.2. The Hall–Kier alpha value is -1.08. The van der Waals surface area contributed by atoms with Gasteiger partial charge in [0.2, 0.25) is 0 Å². The van der Waals surface area contributed by atoms with Crippen LogP contribution in [0, 0.1) is 11.8 Å². The molecule has 0 saturated heterocycles. The van der Waals surface area contributed by atoms with Gasteiger partial charge in [-0.2, -0.15) is 0 Å². The van der Waals surface area contributed by atoms with E-state index in [0.29, 0.717) is 25.7 Å². The van der Waals surface area contributed by atoms with Crippen LogP contribution in [0.25, 0.3) is 0 Å². The van der Waals surface area contributed by atoms with E-state index >= 15 is 0 Å². The Morgan fingerprint density at radius 2 is 1.00 bits per heavy atom. The monoisotopic (exact) mass is 354 g/mol. The molecule has 0 spiro atoms. The quantitative estimate of drug-likeness (QED) is 0.557. The molecule has 6 N–H and O–H groups in total. The largest absolute Gasteiger partial charge is 0.481 e. The zero-order valence-corrected chi connectivity index (χ0v) is 13.8. The molecule has 0 aromatic heterocycles. The molecule has 2 rings (SSSR count). The van der Waals surface area contributed by atoms with E-state index in [1.165, 1.54) is 0 Å². The SMILES string of the molecule is Cl.Cl.N[C@@H]1CC=CC[C@H]1C(=O)O.N[C@H]1CC=CC[C@@H]1C(=O)O. The molecule has 0 fully saturated rings. The fourth-order valence-corrected chi connectivity index (χ4v) is 2.24. The van der Waals surface area contributed by atoms with Crippen LogP contribution in [0.15, 0.2) is 24.3 Å². The highest BCUT2D eigenvalue weighted by molar-refractivity contribution is 5.85. The highest BCUT2D eigenvalue weighted by atomic mass is 35.5. The maximum absolute atomic E-state index is 10.5. The summed E-state index contributed by atoms with van der Waals surface area (Å²) in [4.78, 5) is 20.9. The number of hydrogen-bond donors (Lipinski definition) is 4. The Morgan fingerprint density at radius 1 is 0.727 bits per heavy atom. The lowest BCUT2D eigenvalue weighted by Gasteiger charge is -2.20. The third-order valence-electron chi connectivity index (χ3n) is 3.60. The van der Waals surface area contributed by atoms with Crippen molar-refractivity contribution in [1.82, 2.24) is 0 Å². The van der Waals surface area contributed by atoms with E-state index in [1.54, 1.807) is 0 Å². The second-order valence-corrected chi connectivity index (χ2v) is 5.10. The Bertz CT molecular complexity index is 378. The van der Waals surface area contributed by atoms with E-state index in [1.807, 2.05) is 24.3 Å². The first-order valence-corrected chi connectivity index (χ1v) is 6.70. The highest BCUT2D eigenvalue weighted by Gasteiger charge is 2.25. The maximum Gasteiger partial charge on any atom is 0.308 e. The molecule has 22 heavy (non-hydrogen) atoms. The van der Waals surface area contributed by atoms with Crippen molar-refractivity contribution >= 4 is 36.8 Å². The predicted octanol–water partition coefficient (Wildman–Crippen LogP) is 1.57. The number of carboxylic acids is 2. The number of halogens is 2. The standard InChI is InChI=1S/2C7H11NO2.2ClH/c2*8-6-4-2-1-3-5(6)7(9)10;;/h2*1-2,5-6H,3-4,8H2,(H,9,10);2*1H/t2*5-,6-;;/m10../s1. The van der Waals surface area contributed by atoms with Crippen molar-refractivity contribution < 1.29 is 19.8 Å². The van der Waals surface area contributed by atoms with Gasteiger partial charge in [0, 0.05) is 12.1 Å². The summed E-state index contributed by atoms with van der Waals surface area (Å²) in [6, 6.07) is -0.384. The average Bonchev–Trinajstić information content (AvgIpc) is 2.40. The molecule has 0 amide bonds. The predicted molar refractivity (Wildman–Crippen MR) is 89.4 cm³/mol. The molecule has 0 unspecified atom stereocenters. The second-order valence-electron chi connectivity index (χ2n) is 5.10. The molecule has 0 aromatic carbocycles. The van der Waals surface area contributed by atoms with Crippen LogP contribution >= 0.6 is 24.8 Å². The lowest BCUT2D eigenvalue weighted by atomic mass is 9.90. The summed E-state index contributed by atoms with van der Waals surface area (Å²) in [5.74, 6) is -2.30. The van der Waals surface area contributed by atoms with E-state index < -0.39 is 11.9 Å². The first kappa shape index (κ1) is 23.2. The number of nitrogens with two attached hydrogens (primary N) is 2. The van der Waals surface area contributed by atoms with Crippen LogP contribution < -0.4 is 11.5 Å². The molecule has 8 heteroatoms. The molecule has 2 aliphatic carbocycles. The van der Waals surface area contributed by atoms with Gasteiger partial charge in [-0.05, 0) is 25.7 Å². The summed E-state index contributed by atoms with van der Waals surface area (Å²) in [7, 11) is 0. The minimum Gasteiger partial charge on any atom is -0.481 e. The summed E-state index contributed by atoms with van der Waals surface area (Å²) in [6.45, 7) is 0. The summed E-state index contributed by atoms with van der Waals surface area (Å²) >= 11 is 0. The molecule has 0 heterocycles. The van der Waals surface area contributed by atoms with E-state index in [2.05, 4.69) is 0 Å². The van der Waals surface area contributed by atoms with Gasteiger partial charge in [0.15, 0.2) is 0 Å². The zero-order chi connectivity index (χ0) is 15.1. The van der Waals surface area contributed by atoms with Crippen LogP contribution in [-0.2, 0) is 9.59 Å². The third-order valence-corrected chi connectivity index (χ3v) is 3.60. The molecular formula is C14H24Cl2N2O4. The molecule has 0 saturated carbocycles. The second kappa shape index (κ2) is 11.5. The van der Waals surface area contributed by atoms with Crippen molar-refractivity contribution in [3.05, 3.63) is 24.3 Å². The van der Waals surface area contributed by atoms with Gasteiger partial charge >= 0.3 is 11.9 Å². The number of allylic oxidation sites excluding steroid dienone is 2. The van der Waals surface area contributed by atoms with Gasteiger partial charge < -0.3 is 21.7 Å². The molecule has 0 radical (unpaired) electrons. The van der Waals surface area contributed by atoms with E-state index in [4.69, 9.17) is 21.7 Å². The van der Waals surface area contributed by atoms with Crippen LogP contribution in [0.3, 0.4) is 0 Å². The third kappa shape index (κ3) is 7.26. The van der Waals surface area contributed by atoms with E-state index in [0.717, 1.165) is 0 Å². The molecule has 4 atom stereocenters. The van der Waals surface area contributed by atoms with Crippen molar-refractivity contribution in [3.63, 3.8) is 0 Å². The summed E-state index contributed by atoms with van der Waals surface area (Å²) in [5, 5.41) is 17.2. The van der Waals surface area contributed by atoms with Gasteiger partial charge in [0.25, 0.3) is 0 Å². The average molecular weight is 355 g/mol. The molecule has 128 valence electrons. The van der Waals surface area contributed by atoms with Crippen molar-refractivity contribution in [1.29, 1.82) is 0 Å². The van der Waals surface area contributed by atoms with Crippen molar-refractivity contribution in [2.45, 2.75) is 37.8 Å². The fraction of sp³-hybridized carbons (Fsp3) is 0.571. The lowest BCUT2D eigenvalue weighted by molar-refractivity contribution is -0.143. The van der Waals surface area contributed by atoms with Crippen LogP contribution in [0.1, 0.15) is 25.7 Å². The topological polar surface area (TPSA) is 127 Å². The molecule has 6 nitrogen and oxygen atoms in total. The molecule has 0 aliphatic heterocycles. The Balaban J connectivity index is 0. The number of carboxylic acid groups (broad SMARTS) is 2. The van der Waals surface area contributed by atoms with Crippen molar-refractivity contribution in [3.8, 4) is 0 Å². The molecule has 2 aliphatic rings. The van der Waals surface area contributed by atoms with Gasteiger partial charge in [-0.3, -0.25) is 9.59 Å². The number of aliphatic carboxylic acids is 2. The first-order chi connectivity index (χ1) is 9.43. The van der Waals surface area contributed by atoms with Gasteiger partial charge in [0.05, 0.1) is 11.8 Å². The number of carbonyl (C=O) groups is 2. The summed E-state index contributed by atoms with van der Waals surface area (Å²) in [5.41, 5.74) is 11.1. The van der Waals surface area contributed by atoms with Gasteiger partial charge in [-0.1, -0.05) is 24.3 Å². The minimum absolute atomic E-state index is 0. The van der Waals surface area contributed by atoms with Crippen LogP contribution in [0.4, 0.5) is 0 Å². The Kier molecular flexibility index (Phi) is 12.1. The van der Waals surface area contributed by atoms with Gasteiger partial charge in [-0.15, -0.1) is 24.8 Å². The number of hydrogen-bond acceptors (Lipinski definition) is 4. The first-order valence-electron chi connectivity index (χ1n) is 6.70. The Labute approximate surface area is 142 Å². The molecule has 0 bridgehead atoms. The number of rotatable bonds is 2. The van der Waals surface area contributed by atoms with E-state index in [9.17, 15) is 9.59 Å². The van der Waals surface area contributed by atoms with Crippen LogP contribution in [0.2, 0.25) is 0 Å². The van der Waals surface area contributed by atoms with Gasteiger partial charge in [-0.25, -0.2) is 0 Å². The molecule has 0 aromatic rings. The minimum atomic E-state index is -0.781. The van der Waals surface area contributed by atoms with Crippen LogP contribution in [-0.4, -0.2) is 34.2 Å². The Morgan fingerprint density at radius 3 is 1.18 bits per heavy atom. The fourth-order valence-electron chi connectivity index (χ4n) is 2.24. The van der Waals surface area contributed by atoms with Crippen molar-refractivity contribution in [2.24, 2.45) is 23.3 Å². The lowest BCUT2D eigenvalue weighted by Crippen LogP contribution is -2.36.